The number of piperidine rings is 1. The molecule has 0 saturated carbocycles. The van der Waals surface area contributed by atoms with E-state index < -0.39 is 0 Å². The van der Waals surface area contributed by atoms with Gasteiger partial charge in [-0.15, -0.1) is 0 Å². The molecule has 5 heteroatoms. The van der Waals surface area contributed by atoms with Gasteiger partial charge >= 0.3 is 0 Å². The summed E-state index contributed by atoms with van der Waals surface area (Å²) in [5.41, 5.74) is 2.93. The maximum atomic E-state index is 5.19. The molecule has 0 aliphatic carbocycles. The number of aliphatic imine (C=N–C) groups is 1. The predicted molar refractivity (Wildman–Crippen MR) is 108 cm³/mol. The summed E-state index contributed by atoms with van der Waals surface area (Å²) in [6, 6.07) is 8.80. The van der Waals surface area contributed by atoms with Crippen LogP contribution in [0.3, 0.4) is 0 Å². The first kappa shape index (κ1) is 19.2. The zero-order chi connectivity index (χ0) is 18.2. The molecule has 3 rings (SSSR count). The summed E-state index contributed by atoms with van der Waals surface area (Å²) < 4.78 is 5.19. The Morgan fingerprint density at radius 3 is 2.69 bits per heavy atom. The molecular weight excluding hydrogens is 324 g/mol. The summed E-state index contributed by atoms with van der Waals surface area (Å²) in [5.74, 6) is 1.79. The van der Waals surface area contributed by atoms with Crippen molar-refractivity contribution < 1.29 is 4.74 Å². The van der Waals surface area contributed by atoms with Gasteiger partial charge in [0.05, 0.1) is 6.61 Å². The minimum absolute atomic E-state index is 0.708. The van der Waals surface area contributed by atoms with Crippen molar-refractivity contribution in [2.75, 3.05) is 53.0 Å². The van der Waals surface area contributed by atoms with Gasteiger partial charge in [-0.1, -0.05) is 24.3 Å². The fraction of sp³-hybridized carbons (Fsp3) is 0.667. The van der Waals surface area contributed by atoms with E-state index in [2.05, 4.69) is 46.3 Å². The quantitative estimate of drug-likeness (QED) is 0.626. The van der Waals surface area contributed by atoms with Gasteiger partial charge in [0.2, 0.25) is 0 Å². The van der Waals surface area contributed by atoms with E-state index in [-0.39, 0.29) is 0 Å². The second kappa shape index (κ2) is 9.93. The molecule has 5 nitrogen and oxygen atoms in total. The van der Waals surface area contributed by atoms with Gasteiger partial charge in [0.1, 0.15) is 0 Å². The van der Waals surface area contributed by atoms with Crippen molar-refractivity contribution >= 4 is 5.96 Å². The highest BCUT2D eigenvalue weighted by molar-refractivity contribution is 5.80. The van der Waals surface area contributed by atoms with Crippen LogP contribution >= 0.6 is 0 Å². The lowest BCUT2D eigenvalue weighted by Gasteiger charge is -2.33. The molecule has 0 amide bonds. The van der Waals surface area contributed by atoms with E-state index in [9.17, 15) is 0 Å². The maximum Gasteiger partial charge on any atom is 0.194 e. The molecule has 26 heavy (non-hydrogen) atoms. The van der Waals surface area contributed by atoms with Crippen LogP contribution in [0, 0.1) is 5.92 Å². The fourth-order valence-corrected chi connectivity index (χ4v) is 3.93. The van der Waals surface area contributed by atoms with Gasteiger partial charge in [-0.25, -0.2) is 0 Å². The molecule has 0 radical (unpaired) electrons. The molecule has 2 aliphatic rings. The van der Waals surface area contributed by atoms with Gasteiger partial charge < -0.3 is 19.9 Å². The molecule has 144 valence electrons. The minimum atomic E-state index is 0.708. The zero-order valence-corrected chi connectivity index (χ0v) is 16.4. The number of fused-ring (bicyclic) bond motifs is 1. The van der Waals surface area contributed by atoms with Gasteiger partial charge in [0.15, 0.2) is 5.96 Å². The molecule has 0 bridgehead atoms. The average molecular weight is 359 g/mol. The van der Waals surface area contributed by atoms with Crippen LogP contribution in [0.2, 0.25) is 0 Å². The Bertz CT molecular complexity index is 581. The van der Waals surface area contributed by atoms with Crippen molar-refractivity contribution in [3.8, 4) is 0 Å². The summed E-state index contributed by atoms with van der Waals surface area (Å²) in [6.45, 7) is 10.3. The van der Waals surface area contributed by atoms with Crippen LogP contribution in [0.5, 0.6) is 0 Å². The van der Waals surface area contributed by atoms with E-state index in [0.717, 1.165) is 51.7 Å². The Kier molecular flexibility index (Phi) is 7.32. The van der Waals surface area contributed by atoms with E-state index in [1.165, 1.54) is 37.1 Å². The Balaban J connectivity index is 1.53. The summed E-state index contributed by atoms with van der Waals surface area (Å²) in [6.07, 6.45) is 3.60. The van der Waals surface area contributed by atoms with Crippen LogP contribution in [0.15, 0.2) is 29.3 Å². The fourth-order valence-electron chi connectivity index (χ4n) is 3.93. The molecule has 1 aromatic carbocycles. The van der Waals surface area contributed by atoms with E-state index >= 15 is 0 Å². The van der Waals surface area contributed by atoms with Crippen LogP contribution in [0.1, 0.15) is 30.9 Å². The number of benzene rings is 1. The average Bonchev–Trinajstić information content (AvgIpc) is 2.70. The predicted octanol–water partition coefficient (Wildman–Crippen LogP) is 2.37. The lowest BCUT2D eigenvalue weighted by Crippen LogP contribution is -2.44. The molecule has 1 N–H and O–H groups in total. The zero-order valence-electron chi connectivity index (χ0n) is 16.4. The first-order valence-corrected chi connectivity index (χ1v) is 10.1. The smallest absolute Gasteiger partial charge is 0.194 e. The highest BCUT2D eigenvalue weighted by Gasteiger charge is 2.21. The Morgan fingerprint density at radius 1 is 1.19 bits per heavy atom. The molecule has 1 saturated heterocycles. The Morgan fingerprint density at radius 2 is 1.96 bits per heavy atom. The van der Waals surface area contributed by atoms with Gasteiger partial charge in [-0.2, -0.15) is 0 Å². The van der Waals surface area contributed by atoms with E-state index in [1.54, 1.807) is 7.11 Å². The number of hydrogen-bond donors (Lipinski definition) is 1. The summed E-state index contributed by atoms with van der Waals surface area (Å²) in [7, 11) is 1.78. The monoisotopic (exact) mass is 358 g/mol. The Hall–Kier alpha value is -1.59. The number of nitrogens with one attached hydrogen (secondary N) is 1. The second-order valence-corrected chi connectivity index (χ2v) is 7.41. The number of methoxy groups -OCH3 is 1. The first-order valence-electron chi connectivity index (χ1n) is 10.1. The largest absolute Gasteiger partial charge is 0.383 e. The number of guanidine groups is 1. The molecule has 1 aromatic rings. The van der Waals surface area contributed by atoms with Crippen LogP contribution < -0.4 is 5.32 Å². The molecule has 2 heterocycles. The van der Waals surface area contributed by atoms with Crippen LogP contribution in [-0.4, -0.2) is 68.7 Å². The maximum absolute atomic E-state index is 5.19. The number of rotatable bonds is 6. The lowest BCUT2D eigenvalue weighted by atomic mass is 9.97. The first-order chi connectivity index (χ1) is 12.8. The highest BCUT2D eigenvalue weighted by Crippen LogP contribution is 2.20. The molecule has 0 atom stereocenters. The molecular formula is C21H34N4O. The van der Waals surface area contributed by atoms with E-state index in [0.29, 0.717) is 5.92 Å². The number of hydrogen-bond acceptors (Lipinski definition) is 3. The highest BCUT2D eigenvalue weighted by atomic mass is 16.5. The SMILES string of the molecule is CCNC(=NCC1CCN(CCOC)CC1)N1CCc2ccccc2C1. The lowest BCUT2D eigenvalue weighted by molar-refractivity contribution is 0.121. The van der Waals surface area contributed by atoms with Gasteiger partial charge in [-0.05, 0) is 56.3 Å². The number of likely N-dealkylation sites (tertiary alicyclic amines) is 1. The topological polar surface area (TPSA) is 40.1 Å². The van der Waals surface area contributed by atoms with Crippen molar-refractivity contribution in [3.63, 3.8) is 0 Å². The minimum Gasteiger partial charge on any atom is -0.383 e. The third kappa shape index (κ3) is 5.21. The van der Waals surface area contributed by atoms with Gasteiger partial charge in [0, 0.05) is 39.8 Å². The van der Waals surface area contributed by atoms with Crippen molar-refractivity contribution in [2.45, 2.75) is 32.7 Å². The number of nitrogens with zero attached hydrogens (tertiary/aromatic N) is 3. The van der Waals surface area contributed by atoms with Crippen LogP contribution in [-0.2, 0) is 17.7 Å². The normalized spacial score (nSPS) is 19.5. The molecule has 0 unspecified atom stereocenters. The molecule has 0 spiro atoms. The van der Waals surface area contributed by atoms with Crippen molar-refractivity contribution in [1.82, 2.24) is 15.1 Å². The van der Waals surface area contributed by atoms with Gasteiger partial charge in [0.25, 0.3) is 0 Å². The third-order valence-electron chi connectivity index (χ3n) is 5.58. The standard InChI is InChI=1S/C21H34N4O/c1-3-22-21(25-13-10-19-6-4-5-7-20(19)17-25)23-16-18-8-11-24(12-9-18)14-15-26-2/h4-7,18H,3,8-17H2,1-2H3,(H,22,23). The second-order valence-electron chi connectivity index (χ2n) is 7.41. The van der Waals surface area contributed by atoms with Crippen LogP contribution in [0.4, 0.5) is 0 Å². The van der Waals surface area contributed by atoms with Crippen molar-refractivity contribution in [3.05, 3.63) is 35.4 Å². The molecule has 1 fully saturated rings. The van der Waals surface area contributed by atoms with E-state index in [4.69, 9.17) is 9.73 Å². The van der Waals surface area contributed by atoms with Gasteiger partial charge in [-0.3, -0.25) is 4.99 Å². The van der Waals surface area contributed by atoms with Crippen LogP contribution in [0.25, 0.3) is 0 Å². The molecule has 2 aliphatic heterocycles. The van der Waals surface area contributed by atoms with Crippen molar-refractivity contribution in [1.29, 1.82) is 0 Å². The summed E-state index contributed by atoms with van der Waals surface area (Å²) in [5, 5.41) is 3.51. The van der Waals surface area contributed by atoms with Crippen molar-refractivity contribution in [2.24, 2.45) is 10.9 Å². The van der Waals surface area contributed by atoms with E-state index in [1.807, 2.05) is 0 Å². The summed E-state index contributed by atoms with van der Waals surface area (Å²) in [4.78, 5) is 9.94. The Labute approximate surface area is 158 Å². The third-order valence-corrected chi connectivity index (χ3v) is 5.58. The molecule has 0 aromatic heterocycles. The summed E-state index contributed by atoms with van der Waals surface area (Å²) >= 11 is 0. The number of ether oxygens (including phenoxy) is 1.